The minimum absolute atomic E-state index is 0.164. The summed E-state index contributed by atoms with van der Waals surface area (Å²) in [4.78, 5) is 0. The van der Waals surface area contributed by atoms with Crippen molar-refractivity contribution in [3.8, 4) is 5.75 Å². The zero-order valence-corrected chi connectivity index (χ0v) is 11.2. The summed E-state index contributed by atoms with van der Waals surface area (Å²) in [5, 5.41) is 10.6. The highest BCUT2D eigenvalue weighted by molar-refractivity contribution is 5.38. The molecule has 2 unspecified atom stereocenters. The first-order valence-corrected chi connectivity index (χ1v) is 6.71. The summed E-state index contributed by atoms with van der Waals surface area (Å²) in [7, 11) is 0. The van der Waals surface area contributed by atoms with Crippen LogP contribution < -0.4 is 10.5 Å². The van der Waals surface area contributed by atoms with Gasteiger partial charge in [0, 0.05) is 6.54 Å². The lowest BCUT2D eigenvalue weighted by atomic mass is 9.77. The van der Waals surface area contributed by atoms with E-state index in [1.807, 2.05) is 32.0 Å². The fraction of sp³-hybridized carbons (Fsp3) is 0.600. The number of hydrogen-bond donors (Lipinski definition) is 2. The molecule has 3 heteroatoms. The molecule has 1 aromatic carbocycles. The van der Waals surface area contributed by atoms with E-state index in [0.717, 1.165) is 18.8 Å². The molecule has 18 heavy (non-hydrogen) atoms. The minimum Gasteiger partial charge on any atom is -0.493 e. The molecule has 0 fully saturated rings. The standard InChI is InChI=1S/C15H23NO2/c1-11(2)15(17,10-16)9-12-7-8-18-14-6-4-3-5-13(12)14/h3-6,11-12,17H,7-10,16H2,1-2H3. The lowest BCUT2D eigenvalue weighted by Gasteiger charge is -2.36. The van der Waals surface area contributed by atoms with Crippen LogP contribution in [0.25, 0.3) is 0 Å². The smallest absolute Gasteiger partial charge is 0.122 e. The topological polar surface area (TPSA) is 55.5 Å². The van der Waals surface area contributed by atoms with E-state index in [2.05, 4.69) is 6.07 Å². The summed E-state index contributed by atoms with van der Waals surface area (Å²) in [6, 6.07) is 8.10. The molecule has 2 rings (SSSR count). The molecule has 1 aliphatic rings. The fourth-order valence-electron chi connectivity index (χ4n) is 2.61. The summed E-state index contributed by atoms with van der Waals surface area (Å²) in [5.74, 6) is 1.46. The van der Waals surface area contributed by atoms with Crippen molar-refractivity contribution in [1.82, 2.24) is 0 Å². The fourth-order valence-corrected chi connectivity index (χ4v) is 2.61. The van der Waals surface area contributed by atoms with E-state index in [9.17, 15) is 5.11 Å². The van der Waals surface area contributed by atoms with Gasteiger partial charge in [0.05, 0.1) is 12.2 Å². The highest BCUT2D eigenvalue weighted by atomic mass is 16.5. The Kier molecular flexibility index (Phi) is 3.93. The number of rotatable bonds is 4. The summed E-state index contributed by atoms with van der Waals surface area (Å²) in [5.41, 5.74) is 6.19. The Morgan fingerprint density at radius 2 is 2.17 bits per heavy atom. The number of aliphatic hydroxyl groups is 1. The normalized spacial score (nSPS) is 22.2. The van der Waals surface area contributed by atoms with Crippen LogP contribution in [0.3, 0.4) is 0 Å². The molecule has 3 nitrogen and oxygen atoms in total. The zero-order chi connectivity index (χ0) is 13.2. The molecule has 0 radical (unpaired) electrons. The molecule has 3 N–H and O–H groups in total. The number of ether oxygens (including phenoxy) is 1. The summed E-state index contributed by atoms with van der Waals surface area (Å²) in [6.45, 7) is 5.08. The number of para-hydroxylation sites is 1. The molecular weight excluding hydrogens is 226 g/mol. The van der Waals surface area contributed by atoms with Crippen molar-refractivity contribution in [2.24, 2.45) is 11.7 Å². The highest BCUT2D eigenvalue weighted by Crippen LogP contribution is 2.39. The first-order valence-electron chi connectivity index (χ1n) is 6.71. The Morgan fingerprint density at radius 3 is 2.83 bits per heavy atom. The van der Waals surface area contributed by atoms with Gasteiger partial charge < -0.3 is 15.6 Å². The van der Waals surface area contributed by atoms with Gasteiger partial charge in [-0.25, -0.2) is 0 Å². The van der Waals surface area contributed by atoms with Gasteiger partial charge in [-0.05, 0) is 36.3 Å². The van der Waals surface area contributed by atoms with Crippen LogP contribution in [-0.4, -0.2) is 23.9 Å². The van der Waals surface area contributed by atoms with Crippen LogP contribution >= 0.6 is 0 Å². The van der Waals surface area contributed by atoms with Crippen molar-refractivity contribution < 1.29 is 9.84 Å². The molecule has 0 saturated carbocycles. The highest BCUT2D eigenvalue weighted by Gasteiger charge is 2.34. The predicted molar refractivity (Wildman–Crippen MR) is 72.8 cm³/mol. The lowest BCUT2D eigenvalue weighted by Crippen LogP contribution is -2.44. The SMILES string of the molecule is CC(C)C(O)(CN)CC1CCOc2ccccc21. The maximum absolute atomic E-state index is 10.6. The maximum Gasteiger partial charge on any atom is 0.122 e. The molecule has 1 aromatic rings. The molecule has 100 valence electrons. The van der Waals surface area contributed by atoms with Crippen molar-refractivity contribution >= 4 is 0 Å². The molecule has 2 atom stereocenters. The van der Waals surface area contributed by atoms with Gasteiger partial charge in [0.2, 0.25) is 0 Å². The Hall–Kier alpha value is -1.06. The average molecular weight is 249 g/mol. The van der Waals surface area contributed by atoms with E-state index in [1.54, 1.807) is 0 Å². The molecule has 0 amide bonds. The van der Waals surface area contributed by atoms with Gasteiger partial charge in [-0.1, -0.05) is 32.0 Å². The monoisotopic (exact) mass is 249 g/mol. The van der Waals surface area contributed by atoms with Gasteiger partial charge in [0.25, 0.3) is 0 Å². The van der Waals surface area contributed by atoms with E-state index in [-0.39, 0.29) is 5.92 Å². The first kappa shape index (κ1) is 13.4. The molecular formula is C15H23NO2. The van der Waals surface area contributed by atoms with Crippen LogP contribution in [0.4, 0.5) is 0 Å². The summed E-state index contributed by atoms with van der Waals surface area (Å²) in [6.07, 6.45) is 1.66. The van der Waals surface area contributed by atoms with Crippen LogP contribution in [-0.2, 0) is 0 Å². The van der Waals surface area contributed by atoms with Crippen molar-refractivity contribution in [1.29, 1.82) is 0 Å². The van der Waals surface area contributed by atoms with E-state index in [0.29, 0.717) is 18.9 Å². The van der Waals surface area contributed by atoms with Gasteiger partial charge in [-0.2, -0.15) is 0 Å². The number of benzene rings is 1. The third-order valence-electron chi connectivity index (χ3n) is 4.11. The van der Waals surface area contributed by atoms with E-state index in [1.165, 1.54) is 5.56 Å². The quantitative estimate of drug-likeness (QED) is 0.860. The summed E-state index contributed by atoms with van der Waals surface area (Å²) >= 11 is 0. The number of hydrogen-bond acceptors (Lipinski definition) is 3. The molecule has 0 aromatic heterocycles. The summed E-state index contributed by atoms with van der Waals surface area (Å²) < 4.78 is 5.65. The Balaban J connectivity index is 2.21. The Bertz CT molecular complexity index is 405. The van der Waals surface area contributed by atoms with E-state index >= 15 is 0 Å². The van der Waals surface area contributed by atoms with Gasteiger partial charge in [-0.15, -0.1) is 0 Å². The molecule has 0 spiro atoms. The Morgan fingerprint density at radius 1 is 1.44 bits per heavy atom. The third-order valence-corrected chi connectivity index (χ3v) is 4.11. The van der Waals surface area contributed by atoms with Crippen LogP contribution in [0.1, 0.15) is 38.2 Å². The zero-order valence-electron chi connectivity index (χ0n) is 11.2. The molecule has 1 aliphatic heterocycles. The molecule has 0 bridgehead atoms. The minimum atomic E-state index is -0.783. The van der Waals surface area contributed by atoms with E-state index in [4.69, 9.17) is 10.5 Å². The van der Waals surface area contributed by atoms with Gasteiger partial charge in [0.15, 0.2) is 0 Å². The predicted octanol–water partition coefficient (Wildman–Crippen LogP) is 2.29. The van der Waals surface area contributed by atoms with Crippen LogP contribution in [0.15, 0.2) is 24.3 Å². The van der Waals surface area contributed by atoms with Crippen LogP contribution in [0.5, 0.6) is 5.75 Å². The lowest BCUT2D eigenvalue weighted by molar-refractivity contribution is -0.0135. The van der Waals surface area contributed by atoms with Gasteiger partial charge in [-0.3, -0.25) is 0 Å². The second kappa shape index (κ2) is 5.29. The van der Waals surface area contributed by atoms with E-state index < -0.39 is 5.60 Å². The van der Waals surface area contributed by atoms with Gasteiger partial charge in [0.1, 0.15) is 5.75 Å². The van der Waals surface area contributed by atoms with Crippen molar-refractivity contribution in [3.05, 3.63) is 29.8 Å². The van der Waals surface area contributed by atoms with Crippen molar-refractivity contribution in [2.75, 3.05) is 13.2 Å². The third kappa shape index (κ3) is 2.52. The second-order valence-electron chi connectivity index (χ2n) is 5.54. The number of nitrogens with two attached hydrogens (primary N) is 1. The first-order chi connectivity index (χ1) is 8.57. The molecule has 0 saturated heterocycles. The molecule has 1 heterocycles. The number of fused-ring (bicyclic) bond motifs is 1. The average Bonchev–Trinajstić information content (AvgIpc) is 2.39. The van der Waals surface area contributed by atoms with Crippen LogP contribution in [0, 0.1) is 5.92 Å². The van der Waals surface area contributed by atoms with Crippen molar-refractivity contribution in [2.45, 2.75) is 38.2 Å². The Labute approximate surface area is 109 Å². The van der Waals surface area contributed by atoms with Gasteiger partial charge >= 0.3 is 0 Å². The largest absolute Gasteiger partial charge is 0.493 e. The van der Waals surface area contributed by atoms with Crippen LogP contribution in [0.2, 0.25) is 0 Å². The van der Waals surface area contributed by atoms with Crippen molar-refractivity contribution in [3.63, 3.8) is 0 Å². The maximum atomic E-state index is 10.6. The second-order valence-corrected chi connectivity index (χ2v) is 5.54. The molecule has 0 aliphatic carbocycles.